The van der Waals surface area contributed by atoms with Gasteiger partial charge in [0.25, 0.3) is 0 Å². The van der Waals surface area contributed by atoms with Crippen LogP contribution in [0.5, 0.6) is 0 Å². The summed E-state index contributed by atoms with van der Waals surface area (Å²) in [6.45, 7) is 8.71. The number of rotatable bonds is 8. The highest BCUT2D eigenvalue weighted by Gasteiger charge is 2.14. The summed E-state index contributed by atoms with van der Waals surface area (Å²) < 4.78 is 0. The van der Waals surface area contributed by atoms with E-state index < -0.39 is 0 Å². The molecule has 0 saturated carbocycles. The zero-order chi connectivity index (χ0) is 13.4. The minimum atomic E-state index is 0.554. The normalized spacial score (nSPS) is 13.2. The Bertz CT molecular complexity index is 311. The molecule has 1 N–H and O–H groups in total. The van der Waals surface area contributed by atoms with E-state index >= 15 is 0 Å². The number of hydrogen-bond acceptors (Lipinski definition) is 3. The molecule has 0 amide bonds. The van der Waals surface area contributed by atoms with Gasteiger partial charge in [0.2, 0.25) is 0 Å². The van der Waals surface area contributed by atoms with E-state index in [2.05, 4.69) is 55.2 Å². The molecule has 1 heterocycles. The first-order valence-electron chi connectivity index (χ1n) is 6.96. The van der Waals surface area contributed by atoms with Crippen LogP contribution in [0.4, 0.5) is 0 Å². The van der Waals surface area contributed by atoms with Gasteiger partial charge >= 0.3 is 0 Å². The maximum Gasteiger partial charge on any atom is 0.0271 e. The molecule has 0 bridgehead atoms. The largest absolute Gasteiger partial charge is 0.313 e. The molecule has 1 rings (SSSR count). The topological polar surface area (TPSA) is 28.2 Å². The van der Waals surface area contributed by atoms with E-state index in [-0.39, 0.29) is 0 Å². The lowest BCUT2D eigenvalue weighted by molar-refractivity contribution is 0.211. The Morgan fingerprint density at radius 1 is 1.28 bits per heavy atom. The minimum absolute atomic E-state index is 0.554. The third-order valence-electron chi connectivity index (χ3n) is 3.19. The Morgan fingerprint density at radius 3 is 2.50 bits per heavy atom. The molecule has 0 saturated heterocycles. The van der Waals surface area contributed by atoms with Gasteiger partial charge in [-0.2, -0.15) is 0 Å². The van der Waals surface area contributed by atoms with Crippen molar-refractivity contribution in [3.8, 4) is 0 Å². The highest BCUT2D eigenvalue weighted by molar-refractivity contribution is 5.09. The molecule has 1 atom stereocenters. The third kappa shape index (κ3) is 5.61. The molecule has 0 aliphatic rings. The molecule has 1 unspecified atom stereocenters. The molecule has 0 fully saturated rings. The lowest BCUT2D eigenvalue weighted by Crippen LogP contribution is -2.41. The van der Waals surface area contributed by atoms with Crippen molar-refractivity contribution in [3.63, 3.8) is 0 Å². The number of hydrogen-bond donors (Lipinski definition) is 1. The molecule has 0 radical (unpaired) electrons. The first kappa shape index (κ1) is 15.1. The lowest BCUT2D eigenvalue weighted by Gasteiger charge is -2.29. The molecule has 3 nitrogen and oxygen atoms in total. The fourth-order valence-electron chi connectivity index (χ4n) is 2.09. The summed E-state index contributed by atoms with van der Waals surface area (Å²) in [6, 6.07) is 5.34. The second kappa shape index (κ2) is 8.22. The summed E-state index contributed by atoms with van der Waals surface area (Å²) >= 11 is 0. The first-order valence-corrected chi connectivity index (χ1v) is 6.96. The summed E-state index contributed by atoms with van der Waals surface area (Å²) in [5, 5.41) is 3.54. The van der Waals surface area contributed by atoms with E-state index in [9.17, 15) is 0 Å². The van der Waals surface area contributed by atoms with Gasteiger partial charge in [0, 0.05) is 37.6 Å². The molecule has 0 aliphatic heterocycles. The molecule has 1 aromatic heterocycles. The van der Waals surface area contributed by atoms with Crippen molar-refractivity contribution < 1.29 is 0 Å². The molecular weight excluding hydrogens is 222 g/mol. The second-order valence-corrected chi connectivity index (χ2v) is 5.28. The first-order chi connectivity index (χ1) is 8.63. The van der Waals surface area contributed by atoms with Crippen molar-refractivity contribution in [2.24, 2.45) is 0 Å². The van der Waals surface area contributed by atoms with Gasteiger partial charge in [-0.1, -0.05) is 27.2 Å². The van der Waals surface area contributed by atoms with Crippen LogP contribution in [0.15, 0.2) is 24.5 Å². The Labute approximate surface area is 112 Å². The van der Waals surface area contributed by atoms with E-state index in [1.807, 2.05) is 12.4 Å². The summed E-state index contributed by atoms with van der Waals surface area (Å²) in [6.07, 6.45) is 6.20. The Hall–Kier alpha value is -0.930. The smallest absolute Gasteiger partial charge is 0.0271 e. The van der Waals surface area contributed by atoms with E-state index in [0.29, 0.717) is 12.1 Å². The number of nitrogens with one attached hydrogen (secondary N) is 1. The summed E-state index contributed by atoms with van der Waals surface area (Å²) in [7, 11) is 2.21. The Morgan fingerprint density at radius 2 is 1.94 bits per heavy atom. The predicted molar refractivity (Wildman–Crippen MR) is 77.5 cm³/mol. The van der Waals surface area contributed by atoms with Gasteiger partial charge in [-0.15, -0.1) is 0 Å². The second-order valence-electron chi connectivity index (χ2n) is 5.28. The van der Waals surface area contributed by atoms with Gasteiger partial charge in [-0.05, 0) is 31.2 Å². The van der Waals surface area contributed by atoms with Crippen molar-refractivity contribution in [2.45, 2.75) is 52.2 Å². The highest BCUT2D eigenvalue weighted by Crippen LogP contribution is 2.09. The van der Waals surface area contributed by atoms with Crippen molar-refractivity contribution in [1.29, 1.82) is 0 Å². The van der Waals surface area contributed by atoms with Crippen LogP contribution in [0.2, 0.25) is 0 Å². The van der Waals surface area contributed by atoms with Crippen molar-refractivity contribution in [1.82, 2.24) is 15.2 Å². The fraction of sp³-hybridized carbons (Fsp3) is 0.667. The number of nitrogens with zero attached hydrogens (tertiary/aromatic N) is 2. The highest BCUT2D eigenvalue weighted by atomic mass is 15.1. The zero-order valence-corrected chi connectivity index (χ0v) is 12.2. The Balaban J connectivity index is 2.50. The zero-order valence-electron chi connectivity index (χ0n) is 12.2. The summed E-state index contributed by atoms with van der Waals surface area (Å²) in [4.78, 5) is 6.50. The van der Waals surface area contributed by atoms with Crippen LogP contribution in [0.25, 0.3) is 0 Å². The van der Waals surface area contributed by atoms with Crippen molar-refractivity contribution in [2.75, 3.05) is 13.6 Å². The lowest BCUT2D eigenvalue weighted by atomic mass is 10.1. The molecule has 102 valence electrons. The van der Waals surface area contributed by atoms with Gasteiger partial charge in [-0.25, -0.2) is 0 Å². The van der Waals surface area contributed by atoms with Gasteiger partial charge < -0.3 is 5.32 Å². The molecule has 0 aliphatic carbocycles. The monoisotopic (exact) mass is 249 g/mol. The maximum atomic E-state index is 4.06. The van der Waals surface area contributed by atoms with Crippen molar-refractivity contribution in [3.05, 3.63) is 30.1 Å². The molecule has 1 aromatic rings. The van der Waals surface area contributed by atoms with E-state index in [4.69, 9.17) is 0 Å². The molecular formula is C15H27N3. The third-order valence-corrected chi connectivity index (χ3v) is 3.19. The SMILES string of the molecule is CCCC(CNC(C)C)N(C)Cc1ccncc1. The van der Waals surface area contributed by atoms with Crippen LogP contribution < -0.4 is 5.32 Å². The number of aromatic nitrogens is 1. The van der Waals surface area contributed by atoms with Crippen LogP contribution >= 0.6 is 0 Å². The quantitative estimate of drug-likeness (QED) is 0.768. The average molecular weight is 249 g/mol. The maximum absolute atomic E-state index is 4.06. The molecule has 18 heavy (non-hydrogen) atoms. The molecule has 0 spiro atoms. The summed E-state index contributed by atoms with van der Waals surface area (Å²) in [5.74, 6) is 0. The standard InChI is InChI=1S/C15H27N3/c1-5-6-15(11-17-13(2)3)18(4)12-14-7-9-16-10-8-14/h7-10,13,15,17H,5-6,11-12H2,1-4H3. The fourth-order valence-corrected chi connectivity index (χ4v) is 2.09. The van der Waals surface area contributed by atoms with E-state index in [0.717, 1.165) is 13.1 Å². The van der Waals surface area contributed by atoms with Crippen LogP contribution in [0.3, 0.4) is 0 Å². The van der Waals surface area contributed by atoms with Gasteiger partial charge in [-0.3, -0.25) is 9.88 Å². The summed E-state index contributed by atoms with van der Waals surface area (Å²) in [5.41, 5.74) is 1.33. The number of likely N-dealkylation sites (N-methyl/N-ethyl adjacent to an activating group) is 1. The van der Waals surface area contributed by atoms with Crippen molar-refractivity contribution >= 4 is 0 Å². The van der Waals surface area contributed by atoms with E-state index in [1.54, 1.807) is 0 Å². The number of pyridine rings is 1. The predicted octanol–water partition coefficient (Wildman–Crippen LogP) is 2.68. The van der Waals surface area contributed by atoms with Crippen LogP contribution in [0.1, 0.15) is 39.2 Å². The molecule has 3 heteroatoms. The molecule has 0 aromatic carbocycles. The van der Waals surface area contributed by atoms with Gasteiger partial charge in [0.05, 0.1) is 0 Å². The minimum Gasteiger partial charge on any atom is -0.313 e. The van der Waals surface area contributed by atoms with E-state index in [1.165, 1.54) is 18.4 Å². The van der Waals surface area contributed by atoms with Crippen LogP contribution in [-0.4, -0.2) is 35.6 Å². The Kier molecular flexibility index (Phi) is 6.91. The van der Waals surface area contributed by atoms with Crippen LogP contribution in [0, 0.1) is 0 Å². The average Bonchev–Trinajstić information content (AvgIpc) is 2.35. The van der Waals surface area contributed by atoms with Crippen LogP contribution in [-0.2, 0) is 6.54 Å². The van der Waals surface area contributed by atoms with Gasteiger partial charge in [0.15, 0.2) is 0 Å². The van der Waals surface area contributed by atoms with Gasteiger partial charge in [0.1, 0.15) is 0 Å².